The first-order valence-electron chi connectivity index (χ1n) is 10.2. The van der Waals surface area contributed by atoms with Gasteiger partial charge in [-0.05, 0) is 37.6 Å². The maximum Gasteiger partial charge on any atom is 0.262 e. The van der Waals surface area contributed by atoms with Crippen LogP contribution in [-0.2, 0) is 9.53 Å². The fourth-order valence-electron chi connectivity index (χ4n) is 3.57. The van der Waals surface area contributed by atoms with E-state index in [0.29, 0.717) is 34.8 Å². The molecule has 0 radical (unpaired) electrons. The second kappa shape index (κ2) is 9.23. The van der Waals surface area contributed by atoms with E-state index >= 15 is 0 Å². The van der Waals surface area contributed by atoms with Crippen molar-refractivity contribution >= 4 is 29.5 Å². The number of aromatic nitrogens is 1. The van der Waals surface area contributed by atoms with Crippen molar-refractivity contribution in [3.8, 4) is 17.2 Å². The first-order chi connectivity index (χ1) is 15.6. The number of anilines is 1. The Labute approximate surface area is 186 Å². The number of pyridine rings is 1. The minimum absolute atomic E-state index is 0.204. The van der Waals surface area contributed by atoms with Crippen LogP contribution in [0.15, 0.2) is 76.8 Å². The molecule has 1 aliphatic heterocycles. The fraction of sp³-hybridized carbons (Fsp3) is 0.160. The third-order valence-electron chi connectivity index (χ3n) is 5.06. The van der Waals surface area contributed by atoms with Crippen molar-refractivity contribution in [2.45, 2.75) is 19.8 Å². The number of aliphatic imine (C=N–C) groups is 1. The summed E-state index contributed by atoms with van der Waals surface area (Å²) in [5.41, 5.74) is 3.59. The molecule has 0 N–H and O–H groups in total. The minimum atomic E-state index is -0.675. The van der Waals surface area contributed by atoms with E-state index in [1.54, 1.807) is 13.0 Å². The van der Waals surface area contributed by atoms with Crippen molar-refractivity contribution in [1.29, 1.82) is 5.26 Å². The van der Waals surface area contributed by atoms with Gasteiger partial charge in [-0.25, -0.2) is 4.98 Å². The van der Waals surface area contributed by atoms with E-state index in [2.05, 4.69) is 21.1 Å². The predicted octanol–water partition coefficient (Wildman–Crippen LogP) is 4.82. The Morgan fingerprint density at radius 3 is 2.50 bits per heavy atom. The number of hydrazone groups is 1. The lowest BCUT2D eigenvalue weighted by Gasteiger charge is -2.16. The van der Waals surface area contributed by atoms with E-state index in [-0.39, 0.29) is 11.7 Å². The number of benzene rings is 2. The minimum Gasteiger partial charge on any atom is -0.483 e. The number of rotatable bonds is 6. The van der Waals surface area contributed by atoms with E-state index in [9.17, 15) is 10.1 Å². The number of hydrogen-bond acceptors (Lipinski definition) is 6. The van der Waals surface area contributed by atoms with Gasteiger partial charge < -0.3 is 4.74 Å². The van der Waals surface area contributed by atoms with E-state index in [1.165, 1.54) is 11.4 Å². The maximum atomic E-state index is 13.3. The van der Waals surface area contributed by atoms with E-state index in [4.69, 9.17) is 4.74 Å². The topological polar surface area (TPSA) is 90.9 Å². The number of nitriles is 1. The van der Waals surface area contributed by atoms with Crippen molar-refractivity contribution in [3.63, 3.8) is 0 Å². The van der Waals surface area contributed by atoms with Crippen LogP contribution in [-0.4, -0.2) is 29.6 Å². The molecule has 1 atom stereocenters. The lowest BCUT2D eigenvalue weighted by atomic mass is 9.94. The Hall–Kier alpha value is -4.31. The smallest absolute Gasteiger partial charge is 0.262 e. The van der Waals surface area contributed by atoms with Crippen LogP contribution in [0.3, 0.4) is 0 Å². The quantitative estimate of drug-likeness (QED) is 0.420. The van der Waals surface area contributed by atoms with Gasteiger partial charge in [-0.2, -0.15) is 20.4 Å². The molecule has 2 aromatic carbocycles. The lowest BCUT2D eigenvalue weighted by Crippen LogP contribution is -2.26. The molecule has 0 saturated heterocycles. The van der Waals surface area contributed by atoms with E-state index < -0.39 is 5.92 Å². The summed E-state index contributed by atoms with van der Waals surface area (Å²) in [6.07, 6.45) is 1.27. The molecule has 0 bridgehead atoms. The Balaban J connectivity index is 1.84. The second-order valence-corrected chi connectivity index (χ2v) is 7.12. The highest BCUT2D eigenvalue weighted by molar-refractivity contribution is 6.18. The van der Waals surface area contributed by atoms with Crippen molar-refractivity contribution < 1.29 is 9.53 Å². The van der Waals surface area contributed by atoms with Crippen molar-refractivity contribution in [1.82, 2.24) is 4.98 Å². The lowest BCUT2D eigenvalue weighted by molar-refractivity contribution is -0.118. The zero-order valence-corrected chi connectivity index (χ0v) is 17.8. The monoisotopic (exact) mass is 423 g/mol. The first-order valence-corrected chi connectivity index (χ1v) is 10.2. The van der Waals surface area contributed by atoms with Gasteiger partial charge in [0.2, 0.25) is 0 Å². The molecule has 1 unspecified atom stereocenters. The molecular formula is C25H21N5O2. The van der Waals surface area contributed by atoms with E-state index in [0.717, 1.165) is 5.56 Å². The van der Waals surface area contributed by atoms with Gasteiger partial charge >= 0.3 is 0 Å². The molecule has 7 heteroatoms. The van der Waals surface area contributed by atoms with E-state index in [1.807, 2.05) is 67.6 Å². The van der Waals surface area contributed by atoms with Crippen molar-refractivity contribution in [2.24, 2.45) is 10.1 Å². The van der Waals surface area contributed by atoms with Crippen LogP contribution in [0.1, 0.15) is 31.0 Å². The average Bonchev–Trinajstić information content (AvgIpc) is 3.13. The maximum absolute atomic E-state index is 13.3. The number of ether oxygens (including phenoxy) is 1. The molecule has 0 aliphatic carbocycles. The van der Waals surface area contributed by atoms with Crippen molar-refractivity contribution in [3.05, 3.63) is 78.0 Å². The Kier molecular flexibility index (Phi) is 6.04. The second-order valence-electron chi connectivity index (χ2n) is 7.12. The SMILES string of the molecule is CCO/C=N/c1nc(C2C(=O)N(c3ccccc3)N=C2C)cc(-c2ccccc2)c1C#N. The van der Waals surface area contributed by atoms with Gasteiger partial charge in [0.1, 0.15) is 17.6 Å². The zero-order chi connectivity index (χ0) is 22.5. The molecular weight excluding hydrogens is 402 g/mol. The summed E-state index contributed by atoms with van der Waals surface area (Å²) in [5, 5.41) is 15.7. The first kappa shape index (κ1) is 20.9. The number of carbonyl (C=O) groups is 1. The molecule has 3 aromatic rings. The van der Waals surface area contributed by atoms with Crippen LogP contribution < -0.4 is 5.01 Å². The zero-order valence-electron chi connectivity index (χ0n) is 17.8. The predicted molar refractivity (Wildman–Crippen MR) is 124 cm³/mol. The fourth-order valence-corrected chi connectivity index (χ4v) is 3.57. The molecule has 0 saturated carbocycles. The van der Waals surface area contributed by atoms with Gasteiger partial charge in [0.25, 0.3) is 5.91 Å². The Bertz CT molecular complexity index is 1230. The number of hydrogen-bond donors (Lipinski definition) is 0. The van der Waals surface area contributed by atoms with Gasteiger partial charge in [-0.3, -0.25) is 4.79 Å². The average molecular weight is 423 g/mol. The van der Waals surface area contributed by atoms with Crippen LogP contribution in [0.2, 0.25) is 0 Å². The molecule has 1 amide bonds. The number of para-hydroxylation sites is 1. The Morgan fingerprint density at radius 2 is 1.84 bits per heavy atom. The van der Waals surface area contributed by atoms with Crippen molar-refractivity contribution in [2.75, 3.05) is 11.6 Å². The summed E-state index contributed by atoms with van der Waals surface area (Å²) in [6.45, 7) is 4.08. The summed E-state index contributed by atoms with van der Waals surface area (Å²) >= 11 is 0. The van der Waals surface area contributed by atoms with Gasteiger partial charge in [-0.15, -0.1) is 0 Å². The molecule has 4 rings (SSSR count). The Morgan fingerprint density at radius 1 is 1.16 bits per heavy atom. The van der Waals surface area contributed by atoms with Crippen LogP contribution >= 0.6 is 0 Å². The molecule has 1 aromatic heterocycles. The molecule has 1 aliphatic rings. The normalized spacial score (nSPS) is 15.7. The molecule has 158 valence electrons. The summed E-state index contributed by atoms with van der Waals surface area (Å²) in [5.74, 6) is -0.674. The molecule has 0 fully saturated rings. The highest BCUT2D eigenvalue weighted by Crippen LogP contribution is 2.35. The largest absolute Gasteiger partial charge is 0.483 e. The molecule has 0 spiro atoms. The number of carbonyl (C=O) groups excluding carboxylic acids is 1. The van der Waals surface area contributed by atoms with Gasteiger partial charge in [0, 0.05) is 5.56 Å². The summed E-state index contributed by atoms with van der Waals surface area (Å²) in [4.78, 5) is 22.2. The standard InChI is InChI=1S/C25H21N5O2/c1-3-32-16-27-24-21(15-26)20(18-10-6-4-7-11-18)14-22(28-24)23-17(2)29-30(25(23)31)19-12-8-5-9-13-19/h4-14,16,23H,3H2,1-2H3/b27-16+. The summed E-state index contributed by atoms with van der Waals surface area (Å²) in [6, 6.07) is 22.7. The van der Waals surface area contributed by atoms with Crippen LogP contribution in [0.4, 0.5) is 11.5 Å². The number of nitrogens with zero attached hydrogens (tertiary/aromatic N) is 5. The third-order valence-corrected chi connectivity index (χ3v) is 5.06. The highest BCUT2D eigenvalue weighted by Gasteiger charge is 2.37. The molecule has 2 heterocycles. The van der Waals surface area contributed by atoms with Crippen LogP contribution in [0, 0.1) is 11.3 Å². The molecule has 32 heavy (non-hydrogen) atoms. The van der Waals surface area contributed by atoms with Gasteiger partial charge in [-0.1, -0.05) is 48.5 Å². The third kappa shape index (κ3) is 3.98. The summed E-state index contributed by atoms with van der Waals surface area (Å²) in [7, 11) is 0. The van der Waals surface area contributed by atoms with Crippen LogP contribution in [0.25, 0.3) is 11.1 Å². The summed E-state index contributed by atoms with van der Waals surface area (Å²) < 4.78 is 5.23. The molecule has 7 nitrogen and oxygen atoms in total. The van der Waals surface area contributed by atoms with Gasteiger partial charge in [0.05, 0.1) is 23.7 Å². The van der Waals surface area contributed by atoms with Gasteiger partial charge in [0.15, 0.2) is 12.2 Å². The highest BCUT2D eigenvalue weighted by atomic mass is 16.5. The van der Waals surface area contributed by atoms with Crippen LogP contribution in [0.5, 0.6) is 0 Å². The number of amides is 1.